The van der Waals surface area contributed by atoms with Gasteiger partial charge in [-0.05, 0) is 57.9 Å². The van der Waals surface area contributed by atoms with Crippen LogP contribution in [-0.4, -0.2) is 41.6 Å². The number of nitrogens with two attached hydrogens (primary N) is 1. The van der Waals surface area contributed by atoms with Crippen LogP contribution in [0.5, 0.6) is 5.06 Å². The molecule has 10 heteroatoms. The molecule has 156 valence electrons. The molecule has 6 nitrogen and oxygen atoms in total. The molecule has 0 saturated heterocycles. The molecular formula is C19H21BrFIN4O2S. The van der Waals surface area contributed by atoms with Crippen molar-refractivity contribution in [3.8, 4) is 16.3 Å². The van der Waals surface area contributed by atoms with Gasteiger partial charge in [0.25, 0.3) is 5.91 Å². The summed E-state index contributed by atoms with van der Waals surface area (Å²) >= 11 is 6.80. The van der Waals surface area contributed by atoms with E-state index in [9.17, 15) is 9.18 Å². The molecule has 2 aromatic rings. The number of amides is 1. The van der Waals surface area contributed by atoms with Crippen molar-refractivity contribution in [1.82, 2.24) is 15.1 Å². The van der Waals surface area contributed by atoms with Crippen LogP contribution in [0.25, 0.3) is 11.3 Å². The predicted molar refractivity (Wildman–Crippen MR) is 125 cm³/mol. The number of hydrogen-bond donors (Lipinski definition) is 2. The van der Waals surface area contributed by atoms with Gasteiger partial charge < -0.3 is 15.8 Å². The summed E-state index contributed by atoms with van der Waals surface area (Å²) < 4.78 is 21.7. The first-order valence-electron chi connectivity index (χ1n) is 9.00. The highest BCUT2D eigenvalue weighted by atomic mass is 127. The fourth-order valence-electron chi connectivity index (χ4n) is 2.97. The highest BCUT2D eigenvalue weighted by Crippen LogP contribution is 2.42. The van der Waals surface area contributed by atoms with Gasteiger partial charge in [-0.2, -0.15) is 5.10 Å². The third-order valence-electron chi connectivity index (χ3n) is 4.37. The number of nitrogens with one attached hydrogen (secondary N) is 1. The summed E-state index contributed by atoms with van der Waals surface area (Å²) in [6.07, 6.45) is 5.94. The van der Waals surface area contributed by atoms with Crippen LogP contribution in [0.4, 0.5) is 4.39 Å². The van der Waals surface area contributed by atoms with Crippen molar-refractivity contribution in [3.05, 3.63) is 42.9 Å². The smallest absolute Gasteiger partial charge is 0.261 e. The second-order valence-corrected chi connectivity index (χ2v) is 9.85. The van der Waals surface area contributed by atoms with Crippen molar-refractivity contribution < 1.29 is 13.9 Å². The maximum absolute atomic E-state index is 12.8. The SMILES string of the molecule is C/C(=C\C=C(\I)CF)C[C@@H](CN)NC(=O)c1cc2c(s1)OCCn1ncc(Br)c1-2. The molecule has 1 aliphatic heterocycles. The van der Waals surface area contributed by atoms with Gasteiger partial charge in [0.05, 0.1) is 33.3 Å². The van der Waals surface area contributed by atoms with Gasteiger partial charge in [-0.15, -0.1) is 0 Å². The lowest BCUT2D eigenvalue weighted by atomic mass is 10.1. The van der Waals surface area contributed by atoms with E-state index in [0.717, 1.165) is 21.3 Å². The van der Waals surface area contributed by atoms with Gasteiger partial charge >= 0.3 is 0 Å². The van der Waals surface area contributed by atoms with E-state index in [2.05, 4.69) is 26.3 Å². The minimum Gasteiger partial charge on any atom is -0.481 e. The van der Waals surface area contributed by atoms with Gasteiger partial charge in [0.15, 0.2) is 5.06 Å². The molecule has 1 aliphatic rings. The Balaban J connectivity index is 1.74. The summed E-state index contributed by atoms with van der Waals surface area (Å²) in [7, 11) is 0. The number of carbonyl (C=O) groups is 1. The molecule has 0 radical (unpaired) electrons. The Labute approximate surface area is 194 Å². The van der Waals surface area contributed by atoms with E-state index in [1.807, 2.05) is 46.3 Å². The third kappa shape index (κ3) is 5.47. The Bertz CT molecular complexity index is 956. The number of aromatic nitrogens is 2. The highest BCUT2D eigenvalue weighted by molar-refractivity contribution is 14.1. The molecule has 1 atom stereocenters. The second-order valence-electron chi connectivity index (χ2n) is 6.59. The largest absolute Gasteiger partial charge is 0.481 e. The number of ether oxygens (including phenoxy) is 1. The Morgan fingerprint density at radius 3 is 3.10 bits per heavy atom. The van der Waals surface area contributed by atoms with Crippen molar-refractivity contribution in [2.45, 2.75) is 25.9 Å². The van der Waals surface area contributed by atoms with E-state index in [0.29, 0.717) is 39.6 Å². The van der Waals surface area contributed by atoms with Crippen LogP contribution in [0, 0.1) is 0 Å². The molecule has 3 N–H and O–H groups in total. The standard InChI is InChI=1S/C19H21BrFIN4O2S/c1-11(2-3-12(22)8-21)6-13(9-23)25-18(27)16-7-14-17-15(20)10-24-26(17)4-5-28-19(14)29-16/h2-3,7,10,13H,4-6,8-9,23H2,1H3,(H,25,27)/b11-2+,12-3+/t13-/m0/s1. The average Bonchev–Trinajstić information content (AvgIpc) is 3.24. The number of hydrogen-bond acceptors (Lipinski definition) is 5. The second kappa shape index (κ2) is 10.2. The summed E-state index contributed by atoms with van der Waals surface area (Å²) in [5.41, 5.74) is 8.64. The van der Waals surface area contributed by atoms with E-state index in [1.165, 1.54) is 11.3 Å². The number of rotatable bonds is 7. The molecule has 0 fully saturated rings. The number of allylic oxidation sites excluding steroid dienone is 3. The first kappa shape index (κ1) is 22.4. The quantitative estimate of drug-likeness (QED) is 0.367. The van der Waals surface area contributed by atoms with Crippen LogP contribution in [0.3, 0.4) is 0 Å². The lowest BCUT2D eigenvalue weighted by molar-refractivity contribution is 0.0942. The fraction of sp³-hybridized carbons (Fsp3) is 0.368. The summed E-state index contributed by atoms with van der Waals surface area (Å²) in [6, 6.07) is 1.62. The molecule has 0 bridgehead atoms. The Morgan fingerprint density at radius 2 is 2.38 bits per heavy atom. The molecule has 0 aromatic carbocycles. The van der Waals surface area contributed by atoms with Crippen molar-refractivity contribution in [2.24, 2.45) is 5.73 Å². The summed E-state index contributed by atoms with van der Waals surface area (Å²) in [4.78, 5) is 13.4. The first-order chi connectivity index (χ1) is 13.9. The number of nitrogens with zero attached hydrogens (tertiary/aromatic N) is 2. The number of alkyl halides is 1. The van der Waals surface area contributed by atoms with E-state index in [-0.39, 0.29) is 11.9 Å². The van der Waals surface area contributed by atoms with E-state index >= 15 is 0 Å². The van der Waals surface area contributed by atoms with Crippen molar-refractivity contribution in [2.75, 3.05) is 19.8 Å². The molecule has 0 aliphatic carbocycles. The zero-order chi connectivity index (χ0) is 21.0. The first-order valence-corrected chi connectivity index (χ1v) is 11.7. The predicted octanol–water partition coefficient (Wildman–Crippen LogP) is 4.45. The normalized spacial score (nSPS) is 15.2. The average molecular weight is 595 g/mol. The Hall–Kier alpha value is -1.24. The van der Waals surface area contributed by atoms with Crippen LogP contribution >= 0.6 is 49.9 Å². The van der Waals surface area contributed by atoms with Gasteiger partial charge in [-0.25, -0.2) is 4.39 Å². The number of fused-ring (bicyclic) bond motifs is 3. The van der Waals surface area contributed by atoms with Gasteiger partial charge in [0.1, 0.15) is 13.3 Å². The molecule has 0 unspecified atom stereocenters. The molecule has 0 saturated carbocycles. The van der Waals surface area contributed by atoms with E-state index < -0.39 is 6.67 Å². The molecule has 2 aromatic heterocycles. The molecule has 29 heavy (non-hydrogen) atoms. The van der Waals surface area contributed by atoms with Crippen molar-refractivity contribution in [3.63, 3.8) is 0 Å². The van der Waals surface area contributed by atoms with Gasteiger partial charge in [0.2, 0.25) is 0 Å². The van der Waals surface area contributed by atoms with E-state index in [1.54, 1.807) is 12.3 Å². The van der Waals surface area contributed by atoms with Crippen LogP contribution in [-0.2, 0) is 6.54 Å². The molecular weight excluding hydrogens is 574 g/mol. The zero-order valence-corrected chi connectivity index (χ0v) is 20.3. The molecule has 0 spiro atoms. The lowest BCUT2D eigenvalue weighted by Crippen LogP contribution is -2.40. The van der Waals surface area contributed by atoms with Gasteiger partial charge in [0, 0.05) is 16.2 Å². The van der Waals surface area contributed by atoms with Gasteiger partial charge in [-0.1, -0.05) is 29.1 Å². The number of thiophene rings is 1. The van der Waals surface area contributed by atoms with E-state index in [4.69, 9.17) is 10.5 Å². The number of halogens is 3. The zero-order valence-electron chi connectivity index (χ0n) is 15.8. The maximum atomic E-state index is 12.8. The fourth-order valence-corrected chi connectivity index (χ4v) is 4.59. The summed E-state index contributed by atoms with van der Waals surface area (Å²) in [6.45, 7) is 2.91. The van der Waals surface area contributed by atoms with Crippen LogP contribution in [0.15, 0.2) is 38.0 Å². The highest BCUT2D eigenvalue weighted by Gasteiger charge is 2.25. The van der Waals surface area contributed by atoms with Crippen LogP contribution in [0.1, 0.15) is 23.0 Å². The summed E-state index contributed by atoms with van der Waals surface area (Å²) in [5, 5.41) is 8.04. The summed E-state index contributed by atoms with van der Waals surface area (Å²) in [5.74, 6) is -0.189. The number of carbonyl (C=O) groups excluding carboxylic acids is 1. The lowest BCUT2D eigenvalue weighted by Gasteiger charge is -2.16. The molecule has 3 rings (SSSR count). The minimum atomic E-state index is -0.485. The van der Waals surface area contributed by atoms with Crippen LogP contribution in [0.2, 0.25) is 0 Å². The molecule has 3 heterocycles. The third-order valence-corrected chi connectivity index (χ3v) is 6.65. The Kier molecular flexibility index (Phi) is 7.88. The molecule has 1 amide bonds. The van der Waals surface area contributed by atoms with Crippen molar-refractivity contribution >= 4 is 55.8 Å². The van der Waals surface area contributed by atoms with Crippen molar-refractivity contribution in [1.29, 1.82) is 0 Å². The topological polar surface area (TPSA) is 82.2 Å². The minimum absolute atomic E-state index is 0.189. The Morgan fingerprint density at radius 1 is 1.59 bits per heavy atom. The monoisotopic (exact) mass is 594 g/mol. The maximum Gasteiger partial charge on any atom is 0.261 e. The van der Waals surface area contributed by atoms with Gasteiger partial charge in [-0.3, -0.25) is 9.48 Å². The van der Waals surface area contributed by atoms with Crippen LogP contribution < -0.4 is 15.8 Å².